The van der Waals surface area contributed by atoms with Gasteiger partial charge in [0.25, 0.3) is 0 Å². The molecule has 1 aliphatic heterocycles. The fourth-order valence-electron chi connectivity index (χ4n) is 4.01. The van der Waals surface area contributed by atoms with Gasteiger partial charge >= 0.3 is 0 Å². The summed E-state index contributed by atoms with van der Waals surface area (Å²) in [5.74, 6) is 0.591. The van der Waals surface area contributed by atoms with Crippen LogP contribution in [0.1, 0.15) is 25.0 Å². The first-order valence-corrected chi connectivity index (χ1v) is 9.72. The second-order valence-electron chi connectivity index (χ2n) is 6.72. The molecule has 3 atom stereocenters. The van der Waals surface area contributed by atoms with Gasteiger partial charge < -0.3 is 10.3 Å². The normalized spacial score (nSPS) is 29.0. The van der Waals surface area contributed by atoms with E-state index in [4.69, 9.17) is 10.3 Å². The molecule has 23 heavy (non-hydrogen) atoms. The zero-order valence-corrected chi connectivity index (χ0v) is 13.7. The Morgan fingerprint density at radius 3 is 2.91 bits per heavy atom. The summed E-state index contributed by atoms with van der Waals surface area (Å²) in [6.45, 7) is 1.14. The van der Waals surface area contributed by atoms with Crippen LogP contribution in [0.15, 0.2) is 28.8 Å². The first kappa shape index (κ1) is 15.1. The maximum absolute atomic E-state index is 12.8. The molecule has 1 aromatic carbocycles. The fourth-order valence-corrected chi connectivity index (χ4v) is 5.56. The molecule has 124 valence electrons. The molecular weight excluding hydrogens is 314 g/mol. The van der Waals surface area contributed by atoms with Crippen LogP contribution in [0, 0.1) is 11.8 Å². The number of fused-ring (bicyclic) bond motifs is 2. The molecule has 2 aromatic rings. The summed E-state index contributed by atoms with van der Waals surface area (Å²) >= 11 is 0. The Labute approximate surface area is 135 Å². The number of para-hydroxylation sites is 1. The third-order valence-electron chi connectivity index (χ3n) is 5.29. The summed E-state index contributed by atoms with van der Waals surface area (Å²) in [6.07, 6.45) is 3.18. The van der Waals surface area contributed by atoms with Crippen molar-refractivity contribution < 1.29 is 12.9 Å². The number of nitrogens with two attached hydrogens (primary N) is 1. The van der Waals surface area contributed by atoms with Gasteiger partial charge in [0, 0.05) is 24.5 Å². The number of aromatic nitrogens is 1. The van der Waals surface area contributed by atoms with Crippen LogP contribution < -0.4 is 5.73 Å². The fraction of sp³-hybridized carbons (Fsp3) is 0.562. The largest absolute Gasteiger partial charge is 0.356 e. The minimum absolute atomic E-state index is 0.112. The third kappa shape index (κ3) is 2.66. The average molecular weight is 335 g/mol. The Morgan fingerprint density at radius 2 is 2.09 bits per heavy atom. The standard InChI is InChI=1S/C16H21N3O3S/c17-14-6-3-4-11-8-19(9-13(11)14)23(20,21)10-15-12-5-1-2-7-16(12)22-18-15/h1-2,5,7,11,13-14H,3-4,6,8-10,17H2. The number of benzene rings is 1. The van der Waals surface area contributed by atoms with Crippen molar-refractivity contribution in [3.05, 3.63) is 30.0 Å². The Hall–Kier alpha value is -1.44. The minimum Gasteiger partial charge on any atom is -0.356 e. The van der Waals surface area contributed by atoms with Crippen LogP contribution in [0.3, 0.4) is 0 Å². The summed E-state index contributed by atoms with van der Waals surface area (Å²) < 4.78 is 32.4. The Kier molecular flexibility index (Phi) is 3.66. The molecular formula is C16H21N3O3S. The minimum atomic E-state index is -3.40. The van der Waals surface area contributed by atoms with Crippen molar-refractivity contribution in [1.82, 2.24) is 9.46 Å². The summed E-state index contributed by atoms with van der Waals surface area (Å²) in [7, 11) is -3.40. The lowest BCUT2D eigenvalue weighted by molar-refractivity contribution is 0.260. The van der Waals surface area contributed by atoms with Gasteiger partial charge in [0.15, 0.2) is 5.58 Å². The van der Waals surface area contributed by atoms with E-state index < -0.39 is 10.0 Å². The second kappa shape index (κ2) is 5.58. The molecule has 1 aromatic heterocycles. The highest BCUT2D eigenvalue weighted by Crippen LogP contribution is 2.37. The van der Waals surface area contributed by atoms with Crippen LogP contribution in [0.5, 0.6) is 0 Å². The van der Waals surface area contributed by atoms with E-state index in [1.54, 1.807) is 10.4 Å². The monoisotopic (exact) mass is 335 g/mol. The molecule has 2 heterocycles. The van der Waals surface area contributed by atoms with Crippen LogP contribution >= 0.6 is 0 Å². The number of nitrogens with zero attached hydrogens (tertiary/aromatic N) is 2. The maximum atomic E-state index is 12.8. The molecule has 1 aliphatic carbocycles. The molecule has 2 fully saturated rings. The lowest BCUT2D eigenvalue weighted by Gasteiger charge is -2.29. The predicted octanol–water partition coefficient (Wildman–Crippen LogP) is 1.72. The Balaban J connectivity index is 1.57. The van der Waals surface area contributed by atoms with E-state index in [-0.39, 0.29) is 11.8 Å². The van der Waals surface area contributed by atoms with Gasteiger partial charge in [0.2, 0.25) is 10.0 Å². The van der Waals surface area contributed by atoms with Crippen molar-refractivity contribution in [1.29, 1.82) is 0 Å². The van der Waals surface area contributed by atoms with E-state index >= 15 is 0 Å². The molecule has 0 radical (unpaired) electrons. The van der Waals surface area contributed by atoms with Crippen molar-refractivity contribution in [3.63, 3.8) is 0 Å². The van der Waals surface area contributed by atoms with E-state index in [9.17, 15) is 8.42 Å². The summed E-state index contributed by atoms with van der Waals surface area (Å²) in [5.41, 5.74) is 7.29. The SMILES string of the molecule is NC1CCCC2CN(S(=O)(=O)Cc3noc4ccccc34)CC12. The summed E-state index contributed by atoms with van der Waals surface area (Å²) in [5, 5.41) is 4.72. The van der Waals surface area contributed by atoms with E-state index in [1.807, 2.05) is 18.2 Å². The van der Waals surface area contributed by atoms with Crippen molar-refractivity contribution in [2.45, 2.75) is 31.1 Å². The number of hydrogen-bond donors (Lipinski definition) is 1. The molecule has 4 rings (SSSR count). The maximum Gasteiger partial charge on any atom is 0.220 e. The van der Waals surface area contributed by atoms with Crippen molar-refractivity contribution in [2.24, 2.45) is 17.6 Å². The zero-order valence-electron chi connectivity index (χ0n) is 12.9. The smallest absolute Gasteiger partial charge is 0.220 e. The lowest BCUT2D eigenvalue weighted by Crippen LogP contribution is -2.38. The highest BCUT2D eigenvalue weighted by atomic mass is 32.2. The molecule has 1 saturated carbocycles. The van der Waals surface area contributed by atoms with Crippen molar-refractivity contribution in [2.75, 3.05) is 13.1 Å². The topological polar surface area (TPSA) is 89.4 Å². The summed E-state index contributed by atoms with van der Waals surface area (Å²) in [6, 6.07) is 7.47. The average Bonchev–Trinajstić information content (AvgIpc) is 3.13. The molecule has 0 bridgehead atoms. The van der Waals surface area contributed by atoms with Gasteiger partial charge in [-0.25, -0.2) is 12.7 Å². The van der Waals surface area contributed by atoms with Gasteiger partial charge in [-0.15, -0.1) is 0 Å². The molecule has 2 aliphatic rings. The van der Waals surface area contributed by atoms with Gasteiger partial charge in [-0.05, 0) is 36.8 Å². The first-order valence-electron chi connectivity index (χ1n) is 8.11. The Bertz CT molecular complexity index is 817. The van der Waals surface area contributed by atoms with Crippen LogP contribution in [0.25, 0.3) is 11.0 Å². The van der Waals surface area contributed by atoms with E-state index in [0.29, 0.717) is 36.2 Å². The third-order valence-corrected chi connectivity index (χ3v) is 7.01. The van der Waals surface area contributed by atoms with Gasteiger partial charge in [-0.2, -0.15) is 0 Å². The van der Waals surface area contributed by atoms with Crippen molar-refractivity contribution in [3.8, 4) is 0 Å². The highest BCUT2D eigenvalue weighted by molar-refractivity contribution is 7.88. The number of sulfonamides is 1. The zero-order chi connectivity index (χ0) is 16.0. The lowest BCUT2D eigenvalue weighted by atomic mass is 9.78. The van der Waals surface area contributed by atoms with Gasteiger partial charge in [0.1, 0.15) is 11.4 Å². The molecule has 6 nitrogen and oxygen atoms in total. The molecule has 3 unspecified atom stereocenters. The van der Waals surface area contributed by atoms with E-state index in [0.717, 1.165) is 24.6 Å². The van der Waals surface area contributed by atoms with E-state index in [2.05, 4.69) is 5.16 Å². The highest BCUT2D eigenvalue weighted by Gasteiger charge is 2.43. The molecule has 1 saturated heterocycles. The van der Waals surface area contributed by atoms with Gasteiger partial charge in [-0.3, -0.25) is 0 Å². The second-order valence-corrected chi connectivity index (χ2v) is 8.69. The van der Waals surface area contributed by atoms with Crippen LogP contribution in [-0.4, -0.2) is 37.0 Å². The molecule has 0 spiro atoms. The molecule has 7 heteroatoms. The Morgan fingerprint density at radius 1 is 1.26 bits per heavy atom. The molecule has 0 amide bonds. The van der Waals surface area contributed by atoms with Gasteiger partial charge in [-0.1, -0.05) is 23.7 Å². The van der Waals surface area contributed by atoms with E-state index in [1.165, 1.54) is 0 Å². The predicted molar refractivity (Wildman–Crippen MR) is 87.0 cm³/mol. The summed E-state index contributed by atoms with van der Waals surface area (Å²) in [4.78, 5) is 0. The quantitative estimate of drug-likeness (QED) is 0.922. The molecule has 2 N–H and O–H groups in total. The van der Waals surface area contributed by atoms with Crippen LogP contribution in [0.4, 0.5) is 0 Å². The van der Waals surface area contributed by atoms with Crippen LogP contribution in [0.2, 0.25) is 0 Å². The van der Waals surface area contributed by atoms with Crippen LogP contribution in [-0.2, 0) is 15.8 Å². The van der Waals surface area contributed by atoms with Crippen molar-refractivity contribution >= 4 is 21.0 Å². The first-order chi connectivity index (χ1) is 11.0. The number of rotatable bonds is 3. The number of hydrogen-bond acceptors (Lipinski definition) is 5. The van der Waals surface area contributed by atoms with Gasteiger partial charge in [0.05, 0.1) is 0 Å².